The van der Waals surface area contributed by atoms with Gasteiger partial charge in [0, 0.05) is 25.2 Å². The summed E-state index contributed by atoms with van der Waals surface area (Å²) in [7, 11) is 4.13. The summed E-state index contributed by atoms with van der Waals surface area (Å²) in [6.07, 6.45) is 0. The Balaban J connectivity index is 4.53. The van der Waals surface area contributed by atoms with Crippen molar-refractivity contribution in [2.75, 3.05) is 40.3 Å². The molecule has 0 saturated carbocycles. The van der Waals surface area contributed by atoms with Crippen molar-refractivity contribution in [2.45, 2.75) is 47.1 Å². The van der Waals surface area contributed by atoms with Gasteiger partial charge in [0.15, 0.2) is 5.96 Å². The molecule has 130 valence electrons. The van der Waals surface area contributed by atoms with Gasteiger partial charge < -0.3 is 20.9 Å². The van der Waals surface area contributed by atoms with Crippen molar-refractivity contribution in [1.29, 1.82) is 0 Å². The zero-order valence-corrected chi connectivity index (χ0v) is 15.6. The van der Waals surface area contributed by atoms with Crippen molar-refractivity contribution in [3.63, 3.8) is 0 Å². The van der Waals surface area contributed by atoms with Crippen LogP contribution in [-0.2, 0) is 4.79 Å². The van der Waals surface area contributed by atoms with Crippen LogP contribution in [-0.4, -0.2) is 62.6 Å². The Hall–Kier alpha value is -1.30. The van der Waals surface area contributed by atoms with Crippen LogP contribution in [0.5, 0.6) is 0 Å². The maximum atomic E-state index is 11.8. The predicted molar refractivity (Wildman–Crippen MR) is 94.2 cm³/mol. The molecule has 0 aromatic rings. The summed E-state index contributed by atoms with van der Waals surface area (Å²) in [6, 6.07) is 0. The highest BCUT2D eigenvalue weighted by Gasteiger charge is 2.19. The van der Waals surface area contributed by atoms with Crippen LogP contribution < -0.4 is 16.0 Å². The topological polar surface area (TPSA) is 68.8 Å². The molecule has 0 saturated heterocycles. The molecule has 0 spiro atoms. The van der Waals surface area contributed by atoms with Crippen LogP contribution in [0.2, 0.25) is 0 Å². The van der Waals surface area contributed by atoms with Gasteiger partial charge in [0.05, 0.1) is 0 Å². The second-order valence-electron chi connectivity index (χ2n) is 7.75. The molecule has 3 N–H and O–H groups in total. The first-order valence-corrected chi connectivity index (χ1v) is 7.93. The number of amides is 1. The molecule has 0 fully saturated rings. The quantitative estimate of drug-likeness (QED) is 0.485. The molecular formula is C16H35N5O. The van der Waals surface area contributed by atoms with E-state index in [-0.39, 0.29) is 23.4 Å². The Morgan fingerprint density at radius 2 is 1.68 bits per heavy atom. The summed E-state index contributed by atoms with van der Waals surface area (Å²) in [5, 5.41) is 9.40. The summed E-state index contributed by atoms with van der Waals surface area (Å²) in [6.45, 7) is 15.0. The number of hydrogen-bond acceptors (Lipinski definition) is 3. The van der Waals surface area contributed by atoms with Crippen LogP contribution in [0.3, 0.4) is 0 Å². The van der Waals surface area contributed by atoms with E-state index in [9.17, 15) is 4.79 Å². The number of rotatable bonds is 7. The molecule has 6 nitrogen and oxygen atoms in total. The summed E-state index contributed by atoms with van der Waals surface area (Å²) in [4.78, 5) is 18.4. The number of hydrogen-bond donors (Lipinski definition) is 3. The molecule has 0 unspecified atom stereocenters. The van der Waals surface area contributed by atoms with Crippen molar-refractivity contribution < 1.29 is 4.79 Å². The summed E-state index contributed by atoms with van der Waals surface area (Å²) in [5.41, 5.74) is -0.112. The summed E-state index contributed by atoms with van der Waals surface area (Å²) in [5.74, 6) is 0.607. The molecular weight excluding hydrogens is 278 g/mol. The maximum Gasteiger partial charge on any atom is 0.242 e. The van der Waals surface area contributed by atoms with E-state index in [4.69, 9.17) is 0 Å². The molecule has 6 heteroatoms. The fraction of sp³-hybridized carbons (Fsp3) is 0.875. The van der Waals surface area contributed by atoms with Gasteiger partial charge in [-0.25, -0.2) is 4.99 Å². The molecule has 0 aliphatic rings. The van der Waals surface area contributed by atoms with E-state index in [2.05, 4.69) is 53.8 Å². The number of carbonyl (C=O) groups is 1. The largest absolute Gasteiger partial charge is 0.357 e. The van der Waals surface area contributed by atoms with E-state index in [1.807, 2.05) is 27.7 Å². The third-order valence-electron chi connectivity index (χ3n) is 2.72. The molecule has 0 aliphatic heterocycles. The smallest absolute Gasteiger partial charge is 0.242 e. The van der Waals surface area contributed by atoms with Crippen LogP contribution >= 0.6 is 0 Å². The van der Waals surface area contributed by atoms with E-state index in [0.717, 1.165) is 19.6 Å². The monoisotopic (exact) mass is 313 g/mol. The number of guanidine groups is 1. The van der Waals surface area contributed by atoms with Gasteiger partial charge in [-0.3, -0.25) is 4.79 Å². The van der Waals surface area contributed by atoms with Gasteiger partial charge in [-0.15, -0.1) is 0 Å². The Kier molecular flexibility index (Phi) is 8.45. The standard InChI is InChI=1S/C16H35N5O/c1-9-17-14(18-10-13(22)20-15(2,3)4)19-11-16(5,6)12-21(7)8/h9-12H2,1-8H3,(H,20,22)(H2,17,18,19). The average Bonchev–Trinajstić information content (AvgIpc) is 2.29. The average molecular weight is 313 g/mol. The van der Waals surface area contributed by atoms with Crippen molar-refractivity contribution in [2.24, 2.45) is 10.4 Å². The minimum atomic E-state index is -0.230. The molecule has 0 aliphatic carbocycles. The third-order valence-corrected chi connectivity index (χ3v) is 2.72. The lowest BCUT2D eigenvalue weighted by atomic mass is 9.93. The van der Waals surface area contributed by atoms with Crippen LogP contribution in [0, 0.1) is 5.41 Å². The Bertz CT molecular complexity index is 369. The van der Waals surface area contributed by atoms with Gasteiger partial charge in [-0.2, -0.15) is 0 Å². The number of carbonyl (C=O) groups excluding carboxylic acids is 1. The molecule has 0 aromatic carbocycles. The Morgan fingerprint density at radius 3 is 2.14 bits per heavy atom. The molecule has 22 heavy (non-hydrogen) atoms. The van der Waals surface area contributed by atoms with Crippen LogP contribution in [0.15, 0.2) is 4.99 Å². The van der Waals surface area contributed by atoms with E-state index < -0.39 is 0 Å². The predicted octanol–water partition coefficient (Wildman–Crippen LogP) is 1.04. The van der Waals surface area contributed by atoms with Gasteiger partial charge in [-0.1, -0.05) is 13.8 Å². The van der Waals surface area contributed by atoms with Gasteiger partial charge >= 0.3 is 0 Å². The van der Waals surface area contributed by atoms with E-state index >= 15 is 0 Å². The Morgan fingerprint density at radius 1 is 1.09 bits per heavy atom. The first-order chi connectivity index (χ1) is 9.95. The molecule has 0 radical (unpaired) electrons. The lowest BCUT2D eigenvalue weighted by molar-refractivity contribution is -0.121. The molecule has 1 amide bonds. The lowest BCUT2D eigenvalue weighted by Gasteiger charge is -2.29. The van der Waals surface area contributed by atoms with Crippen LogP contribution in [0.25, 0.3) is 0 Å². The molecule has 0 atom stereocenters. The first-order valence-electron chi connectivity index (χ1n) is 7.93. The summed E-state index contributed by atoms with van der Waals surface area (Å²) >= 11 is 0. The number of aliphatic imine (C=N–C) groups is 1. The van der Waals surface area contributed by atoms with Gasteiger partial charge in [0.2, 0.25) is 5.91 Å². The highest BCUT2D eigenvalue weighted by Crippen LogP contribution is 2.13. The molecule has 0 bridgehead atoms. The number of nitrogens with zero attached hydrogens (tertiary/aromatic N) is 2. The van der Waals surface area contributed by atoms with Crippen molar-refractivity contribution in [1.82, 2.24) is 20.9 Å². The summed E-state index contributed by atoms with van der Waals surface area (Å²) < 4.78 is 0. The molecule has 0 rings (SSSR count). The van der Waals surface area contributed by atoms with E-state index in [0.29, 0.717) is 5.96 Å². The van der Waals surface area contributed by atoms with Crippen molar-refractivity contribution in [3.8, 4) is 0 Å². The zero-order valence-electron chi connectivity index (χ0n) is 15.6. The van der Waals surface area contributed by atoms with Gasteiger partial charge in [-0.05, 0) is 47.2 Å². The molecule has 0 heterocycles. The fourth-order valence-electron chi connectivity index (χ4n) is 2.19. The van der Waals surface area contributed by atoms with Gasteiger partial charge in [0.25, 0.3) is 0 Å². The SMILES string of the molecule is CCNC(=NCC(=O)NC(C)(C)C)NCC(C)(C)CN(C)C. The van der Waals surface area contributed by atoms with Gasteiger partial charge in [0.1, 0.15) is 6.54 Å². The lowest BCUT2D eigenvalue weighted by Crippen LogP contribution is -2.46. The zero-order chi connectivity index (χ0) is 17.4. The first kappa shape index (κ1) is 20.7. The van der Waals surface area contributed by atoms with E-state index in [1.165, 1.54) is 0 Å². The van der Waals surface area contributed by atoms with Crippen LogP contribution in [0.4, 0.5) is 0 Å². The number of nitrogens with one attached hydrogen (secondary N) is 3. The molecule has 0 aromatic heterocycles. The van der Waals surface area contributed by atoms with Crippen molar-refractivity contribution >= 4 is 11.9 Å². The highest BCUT2D eigenvalue weighted by molar-refractivity contribution is 5.85. The Labute approximate surface area is 136 Å². The highest BCUT2D eigenvalue weighted by atomic mass is 16.2. The van der Waals surface area contributed by atoms with Crippen molar-refractivity contribution in [3.05, 3.63) is 0 Å². The second-order valence-corrected chi connectivity index (χ2v) is 7.75. The fourth-order valence-corrected chi connectivity index (χ4v) is 2.19. The maximum absolute atomic E-state index is 11.8. The minimum absolute atomic E-state index is 0.0720. The van der Waals surface area contributed by atoms with E-state index in [1.54, 1.807) is 0 Å². The second kappa shape index (κ2) is 8.98. The normalized spacial score (nSPS) is 13.2. The van der Waals surface area contributed by atoms with Crippen LogP contribution in [0.1, 0.15) is 41.5 Å². The third kappa shape index (κ3) is 11.4. The minimum Gasteiger partial charge on any atom is -0.357 e.